The zero-order valence-electron chi connectivity index (χ0n) is 6.68. The minimum absolute atomic E-state index is 0.332. The molecule has 1 fully saturated rings. The SMILES string of the molecule is [N-]=[N+]=NC1CCCCC1C(=O)O. The number of carboxylic acids is 1. The van der Waals surface area contributed by atoms with E-state index in [4.69, 9.17) is 10.6 Å². The first-order chi connectivity index (χ1) is 5.75. The van der Waals surface area contributed by atoms with Gasteiger partial charge in [-0.25, -0.2) is 0 Å². The van der Waals surface area contributed by atoms with Crippen LogP contribution in [0.15, 0.2) is 5.11 Å². The maximum atomic E-state index is 10.7. The summed E-state index contributed by atoms with van der Waals surface area (Å²) in [5, 5.41) is 12.2. The number of rotatable bonds is 2. The Labute approximate surface area is 70.0 Å². The molecule has 5 nitrogen and oxygen atoms in total. The van der Waals surface area contributed by atoms with Gasteiger partial charge < -0.3 is 5.11 Å². The van der Waals surface area contributed by atoms with Gasteiger partial charge in [0.25, 0.3) is 0 Å². The third-order valence-corrected chi connectivity index (χ3v) is 2.25. The quantitative estimate of drug-likeness (QED) is 0.389. The number of azide groups is 1. The fourth-order valence-electron chi connectivity index (χ4n) is 1.60. The predicted molar refractivity (Wildman–Crippen MR) is 42.5 cm³/mol. The molecule has 1 saturated carbocycles. The second-order valence-electron chi connectivity index (χ2n) is 3.00. The van der Waals surface area contributed by atoms with Crippen LogP contribution in [0, 0.1) is 5.92 Å². The van der Waals surface area contributed by atoms with Crippen molar-refractivity contribution < 1.29 is 9.90 Å². The second kappa shape index (κ2) is 3.97. The highest BCUT2D eigenvalue weighted by Gasteiger charge is 2.29. The van der Waals surface area contributed by atoms with Gasteiger partial charge in [0, 0.05) is 4.91 Å². The summed E-state index contributed by atoms with van der Waals surface area (Å²) in [5.74, 6) is -1.30. The Morgan fingerprint density at radius 2 is 2.17 bits per heavy atom. The van der Waals surface area contributed by atoms with Crippen LogP contribution in [0.25, 0.3) is 10.4 Å². The van der Waals surface area contributed by atoms with E-state index in [2.05, 4.69) is 10.0 Å². The molecule has 0 saturated heterocycles. The fraction of sp³-hybridized carbons (Fsp3) is 0.857. The molecule has 1 aliphatic rings. The molecule has 1 N–H and O–H groups in total. The third-order valence-electron chi connectivity index (χ3n) is 2.25. The summed E-state index contributed by atoms with van der Waals surface area (Å²) in [6.45, 7) is 0. The van der Waals surface area contributed by atoms with Gasteiger partial charge in [0.05, 0.1) is 12.0 Å². The average molecular weight is 169 g/mol. The van der Waals surface area contributed by atoms with Gasteiger partial charge in [-0.3, -0.25) is 4.79 Å². The van der Waals surface area contributed by atoms with Gasteiger partial charge in [-0.1, -0.05) is 18.0 Å². The second-order valence-corrected chi connectivity index (χ2v) is 3.00. The van der Waals surface area contributed by atoms with Crippen LogP contribution in [0.3, 0.4) is 0 Å². The molecular formula is C7H11N3O2. The highest BCUT2D eigenvalue weighted by molar-refractivity contribution is 5.71. The van der Waals surface area contributed by atoms with Gasteiger partial charge in [0.15, 0.2) is 0 Å². The largest absolute Gasteiger partial charge is 0.481 e. The molecule has 2 atom stereocenters. The molecule has 0 aromatic carbocycles. The lowest BCUT2D eigenvalue weighted by Crippen LogP contribution is -2.29. The van der Waals surface area contributed by atoms with Crippen molar-refractivity contribution in [3.63, 3.8) is 0 Å². The van der Waals surface area contributed by atoms with E-state index in [1.54, 1.807) is 0 Å². The van der Waals surface area contributed by atoms with Gasteiger partial charge >= 0.3 is 5.97 Å². The molecule has 1 rings (SSSR count). The molecule has 12 heavy (non-hydrogen) atoms. The van der Waals surface area contributed by atoms with E-state index >= 15 is 0 Å². The summed E-state index contributed by atoms with van der Waals surface area (Å²) in [6.07, 6.45) is 3.24. The highest BCUT2D eigenvalue weighted by atomic mass is 16.4. The molecule has 0 spiro atoms. The zero-order chi connectivity index (χ0) is 8.97. The van der Waals surface area contributed by atoms with E-state index in [9.17, 15) is 4.79 Å². The molecule has 0 bridgehead atoms. The lowest BCUT2D eigenvalue weighted by molar-refractivity contribution is -0.143. The Bertz CT molecular complexity index is 213. The van der Waals surface area contributed by atoms with Crippen LogP contribution < -0.4 is 0 Å². The molecule has 2 unspecified atom stereocenters. The van der Waals surface area contributed by atoms with Crippen LogP contribution in [0.5, 0.6) is 0 Å². The first-order valence-corrected chi connectivity index (χ1v) is 4.02. The van der Waals surface area contributed by atoms with Crippen molar-refractivity contribution in [3.05, 3.63) is 10.4 Å². The topological polar surface area (TPSA) is 86.1 Å². The van der Waals surface area contributed by atoms with Gasteiger partial charge in [-0.15, -0.1) is 0 Å². The molecule has 0 aliphatic heterocycles. The maximum absolute atomic E-state index is 10.7. The number of hydrogen-bond acceptors (Lipinski definition) is 2. The van der Waals surface area contributed by atoms with E-state index in [1.807, 2.05) is 0 Å². The first kappa shape index (κ1) is 8.87. The smallest absolute Gasteiger partial charge is 0.306 e. The summed E-state index contributed by atoms with van der Waals surface area (Å²) in [5.41, 5.74) is 8.18. The van der Waals surface area contributed by atoms with Crippen LogP contribution >= 0.6 is 0 Å². The van der Waals surface area contributed by atoms with E-state index in [1.165, 1.54) is 0 Å². The van der Waals surface area contributed by atoms with E-state index in [0.29, 0.717) is 12.8 Å². The fourth-order valence-corrected chi connectivity index (χ4v) is 1.60. The van der Waals surface area contributed by atoms with Crippen LogP contribution in [0.1, 0.15) is 25.7 Å². The van der Waals surface area contributed by atoms with Gasteiger partial charge in [-0.05, 0) is 18.4 Å². The van der Waals surface area contributed by atoms with Crippen molar-refractivity contribution in [2.45, 2.75) is 31.7 Å². The lowest BCUT2D eigenvalue weighted by Gasteiger charge is -2.24. The van der Waals surface area contributed by atoms with E-state index < -0.39 is 11.9 Å². The first-order valence-electron chi connectivity index (χ1n) is 4.02. The Hall–Kier alpha value is -1.22. The molecule has 66 valence electrons. The molecule has 0 heterocycles. The maximum Gasteiger partial charge on any atom is 0.306 e. The lowest BCUT2D eigenvalue weighted by atomic mass is 9.85. The van der Waals surface area contributed by atoms with E-state index in [-0.39, 0.29) is 6.04 Å². The Morgan fingerprint density at radius 1 is 1.50 bits per heavy atom. The Morgan fingerprint density at radius 3 is 2.75 bits per heavy atom. The van der Waals surface area contributed by atoms with Crippen molar-refractivity contribution >= 4 is 5.97 Å². The Balaban J connectivity index is 2.66. The van der Waals surface area contributed by atoms with Gasteiger partial charge in [-0.2, -0.15) is 0 Å². The number of carboxylic acid groups (broad SMARTS) is 1. The summed E-state index contributed by atoms with van der Waals surface area (Å²) < 4.78 is 0. The Kier molecular flexibility index (Phi) is 2.94. The van der Waals surface area contributed by atoms with Crippen molar-refractivity contribution in [1.29, 1.82) is 0 Å². The molecule has 0 aromatic rings. The normalized spacial score (nSPS) is 29.0. The van der Waals surface area contributed by atoms with Crippen LogP contribution in [0.4, 0.5) is 0 Å². The van der Waals surface area contributed by atoms with Crippen LogP contribution in [0.2, 0.25) is 0 Å². The molecule has 5 heteroatoms. The molecule has 1 aliphatic carbocycles. The van der Waals surface area contributed by atoms with Crippen LogP contribution in [-0.2, 0) is 4.79 Å². The van der Waals surface area contributed by atoms with Crippen molar-refractivity contribution in [2.75, 3.05) is 0 Å². The monoisotopic (exact) mass is 169 g/mol. The summed E-state index contributed by atoms with van der Waals surface area (Å²) in [4.78, 5) is 13.3. The molecular weight excluding hydrogens is 158 g/mol. The van der Waals surface area contributed by atoms with Crippen molar-refractivity contribution in [3.8, 4) is 0 Å². The van der Waals surface area contributed by atoms with Crippen molar-refractivity contribution in [1.82, 2.24) is 0 Å². The third kappa shape index (κ3) is 1.89. The average Bonchev–Trinajstić information content (AvgIpc) is 2.05. The van der Waals surface area contributed by atoms with Gasteiger partial charge in [0.2, 0.25) is 0 Å². The molecule has 0 amide bonds. The van der Waals surface area contributed by atoms with Gasteiger partial charge in [0.1, 0.15) is 0 Å². The minimum atomic E-state index is -0.841. The zero-order valence-corrected chi connectivity index (χ0v) is 6.68. The summed E-state index contributed by atoms with van der Waals surface area (Å²) >= 11 is 0. The highest BCUT2D eigenvalue weighted by Crippen LogP contribution is 2.27. The minimum Gasteiger partial charge on any atom is -0.481 e. The van der Waals surface area contributed by atoms with Crippen LogP contribution in [-0.4, -0.2) is 17.1 Å². The van der Waals surface area contributed by atoms with Crippen molar-refractivity contribution in [2.24, 2.45) is 11.0 Å². The number of nitrogens with zero attached hydrogens (tertiary/aromatic N) is 3. The molecule has 0 radical (unpaired) electrons. The predicted octanol–water partition coefficient (Wildman–Crippen LogP) is 1.94. The number of carbonyl (C=O) groups is 1. The number of aliphatic carboxylic acids is 1. The molecule has 0 aromatic heterocycles. The number of hydrogen-bond donors (Lipinski definition) is 1. The standard InChI is InChI=1S/C7H11N3O2/c8-10-9-6-4-2-1-3-5(6)7(11)12/h5-6H,1-4H2,(H,11,12). The van der Waals surface area contributed by atoms with E-state index in [0.717, 1.165) is 12.8 Å². The summed E-state index contributed by atoms with van der Waals surface area (Å²) in [7, 11) is 0. The summed E-state index contributed by atoms with van der Waals surface area (Å²) in [6, 6.07) is -0.332.